The first-order chi connectivity index (χ1) is 11.6. The number of hydrogen-bond acceptors (Lipinski definition) is 2. The Hall–Kier alpha value is -1.88. The van der Waals surface area contributed by atoms with E-state index >= 15 is 0 Å². The maximum Gasteiger partial charge on any atom is 0.224 e. The Bertz CT molecular complexity index is 691. The molecule has 1 saturated carbocycles. The number of carbonyl (C=O) groups excluding carboxylic acids is 1. The molecular weight excluding hydrogens is 305 g/mol. The Morgan fingerprint density at radius 3 is 2.92 bits per heavy atom. The average molecular weight is 331 g/mol. The summed E-state index contributed by atoms with van der Waals surface area (Å²) in [5.74, 6) is -0.343. The molecule has 3 rings (SSSR count). The lowest BCUT2D eigenvalue weighted by molar-refractivity contribution is -0.120. The highest BCUT2D eigenvalue weighted by atomic mass is 19.1. The van der Waals surface area contributed by atoms with Crippen molar-refractivity contribution in [2.45, 2.75) is 44.6 Å². The van der Waals surface area contributed by atoms with Crippen LogP contribution < -0.4 is 5.32 Å². The molecule has 1 aromatic carbocycles. The van der Waals surface area contributed by atoms with Crippen LogP contribution in [-0.4, -0.2) is 42.0 Å². The number of nitrogens with zero attached hydrogens (tertiary/aromatic N) is 1. The van der Waals surface area contributed by atoms with Gasteiger partial charge in [-0.05, 0) is 37.6 Å². The number of carbonyl (C=O) groups is 1. The Labute approximate surface area is 142 Å². The quantitative estimate of drug-likeness (QED) is 0.854. The van der Waals surface area contributed by atoms with Crippen LogP contribution in [0.15, 0.2) is 24.4 Å². The molecule has 24 heavy (non-hydrogen) atoms. The van der Waals surface area contributed by atoms with E-state index in [4.69, 9.17) is 0 Å². The minimum Gasteiger partial charge on any atom is -0.361 e. The van der Waals surface area contributed by atoms with Gasteiger partial charge in [-0.2, -0.15) is 0 Å². The van der Waals surface area contributed by atoms with E-state index in [9.17, 15) is 9.18 Å². The molecule has 1 amide bonds. The summed E-state index contributed by atoms with van der Waals surface area (Å²) in [6.07, 6.45) is 8.43. The molecule has 1 fully saturated rings. The fourth-order valence-electron chi connectivity index (χ4n) is 3.66. The monoisotopic (exact) mass is 331 g/mol. The van der Waals surface area contributed by atoms with Gasteiger partial charge in [0.1, 0.15) is 5.82 Å². The van der Waals surface area contributed by atoms with Crippen molar-refractivity contribution in [1.82, 2.24) is 15.2 Å². The maximum atomic E-state index is 13.9. The van der Waals surface area contributed by atoms with Gasteiger partial charge >= 0.3 is 0 Å². The summed E-state index contributed by atoms with van der Waals surface area (Å²) in [6.45, 7) is 1.50. The van der Waals surface area contributed by atoms with Crippen LogP contribution in [0.1, 0.15) is 37.7 Å². The fourth-order valence-corrected chi connectivity index (χ4v) is 3.66. The van der Waals surface area contributed by atoms with Crippen LogP contribution in [-0.2, 0) is 11.2 Å². The number of rotatable bonds is 6. The van der Waals surface area contributed by atoms with Crippen LogP contribution in [0.3, 0.4) is 0 Å². The van der Waals surface area contributed by atoms with Gasteiger partial charge in [0.15, 0.2) is 0 Å². The molecule has 0 bridgehead atoms. The summed E-state index contributed by atoms with van der Waals surface area (Å²) in [6, 6.07) is 5.56. The van der Waals surface area contributed by atoms with E-state index in [1.165, 1.54) is 38.2 Å². The third kappa shape index (κ3) is 3.96. The Morgan fingerprint density at radius 2 is 2.12 bits per heavy atom. The van der Waals surface area contributed by atoms with Gasteiger partial charge in [-0.15, -0.1) is 0 Å². The second-order valence-electron chi connectivity index (χ2n) is 6.78. The number of aromatic nitrogens is 1. The van der Waals surface area contributed by atoms with E-state index in [1.807, 2.05) is 6.07 Å². The minimum absolute atomic E-state index is 0.0591. The van der Waals surface area contributed by atoms with Crippen LogP contribution in [0.5, 0.6) is 0 Å². The number of hydrogen-bond donors (Lipinski definition) is 2. The van der Waals surface area contributed by atoms with Crippen molar-refractivity contribution < 1.29 is 9.18 Å². The number of aromatic amines is 1. The molecule has 0 radical (unpaired) electrons. The maximum absolute atomic E-state index is 13.9. The van der Waals surface area contributed by atoms with Crippen molar-refractivity contribution in [2.24, 2.45) is 0 Å². The molecule has 0 saturated heterocycles. The summed E-state index contributed by atoms with van der Waals surface area (Å²) < 4.78 is 13.9. The predicted octanol–water partition coefficient (Wildman–Crippen LogP) is 3.23. The third-order valence-electron chi connectivity index (χ3n) is 5.07. The molecule has 0 spiro atoms. The van der Waals surface area contributed by atoms with E-state index in [2.05, 4.69) is 22.2 Å². The van der Waals surface area contributed by atoms with E-state index in [1.54, 1.807) is 12.3 Å². The number of fused-ring (bicyclic) bond motifs is 1. The number of H-pyrrole nitrogens is 1. The lowest BCUT2D eigenvalue weighted by atomic mass is 9.94. The normalized spacial score (nSPS) is 16.0. The van der Waals surface area contributed by atoms with Crippen LogP contribution in [0.2, 0.25) is 0 Å². The number of nitrogens with one attached hydrogen (secondary N) is 2. The highest BCUT2D eigenvalue weighted by molar-refractivity contribution is 5.89. The van der Waals surface area contributed by atoms with Crippen molar-refractivity contribution in [3.63, 3.8) is 0 Å². The first-order valence-electron chi connectivity index (χ1n) is 8.86. The molecule has 0 aliphatic heterocycles. The lowest BCUT2D eigenvalue weighted by Gasteiger charge is -2.31. The zero-order chi connectivity index (χ0) is 16.9. The van der Waals surface area contributed by atoms with Gasteiger partial charge in [0, 0.05) is 36.2 Å². The summed E-state index contributed by atoms with van der Waals surface area (Å²) in [7, 11) is 2.14. The molecule has 2 N–H and O–H groups in total. The van der Waals surface area contributed by atoms with Crippen molar-refractivity contribution in [3.05, 3.63) is 35.8 Å². The van der Waals surface area contributed by atoms with Gasteiger partial charge in [0.2, 0.25) is 5.91 Å². The molecule has 2 aromatic rings. The molecule has 5 heteroatoms. The number of likely N-dealkylation sites (N-methyl/N-ethyl adjacent to an activating group) is 1. The molecule has 0 unspecified atom stereocenters. The molecule has 4 nitrogen and oxygen atoms in total. The lowest BCUT2D eigenvalue weighted by Crippen LogP contribution is -2.39. The van der Waals surface area contributed by atoms with Crippen molar-refractivity contribution in [2.75, 3.05) is 20.1 Å². The molecule has 1 aromatic heterocycles. The van der Waals surface area contributed by atoms with E-state index in [-0.39, 0.29) is 18.1 Å². The largest absolute Gasteiger partial charge is 0.361 e. The minimum atomic E-state index is -0.284. The average Bonchev–Trinajstić information content (AvgIpc) is 3.00. The van der Waals surface area contributed by atoms with E-state index in [0.717, 1.165) is 12.1 Å². The van der Waals surface area contributed by atoms with Gasteiger partial charge in [-0.1, -0.05) is 25.3 Å². The van der Waals surface area contributed by atoms with E-state index in [0.29, 0.717) is 23.5 Å². The third-order valence-corrected chi connectivity index (χ3v) is 5.07. The van der Waals surface area contributed by atoms with Gasteiger partial charge in [0.05, 0.1) is 6.42 Å². The van der Waals surface area contributed by atoms with Crippen LogP contribution in [0.4, 0.5) is 4.39 Å². The highest BCUT2D eigenvalue weighted by Crippen LogP contribution is 2.22. The summed E-state index contributed by atoms with van der Waals surface area (Å²) in [5.41, 5.74) is 1.44. The standard InChI is InChI=1S/C19H26FN3O/c1-23(15-6-3-2-4-7-15)11-10-21-18(24)12-14-13-22-17-9-5-8-16(20)19(14)17/h5,8-9,13,15,22H,2-4,6-7,10-12H2,1H3,(H,21,24). The van der Waals surface area contributed by atoms with Gasteiger partial charge in [0.25, 0.3) is 0 Å². The van der Waals surface area contributed by atoms with E-state index < -0.39 is 0 Å². The van der Waals surface area contributed by atoms with Crippen LogP contribution in [0.25, 0.3) is 10.9 Å². The smallest absolute Gasteiger partial charge is 0.224 e. The second-order valence-corrected chi connectivity index (χ2v) is 6.78. The molecule has 130 valence electrons. The zero-order valence-corrected chi connectivity index (χ0v) is 14.3. The zero-order valence-electron chi connectivity index (χ0n) is 14.3. The van der Waals surface area contributed by atoms with Crippen LogP contribution >= 0.6 is 0 Å². The molecule has 1 aliphatic rings. The highest BCUT2D eigenvalue weighted by Gasteiger charge is 2.18. The summed E-state index contributed by atoms with van der Waals surface area (Å²) >= 11 is 0. The molecular formula is C19H26FN3O. The van der Waals surface area contributed by atoms with Crippen molar-refractivity contribution in [1.29, 1.82) is 0 Å². The number of benzene rings is 1. The summed E-state index contributed by atoms with van der Waals surface area (Å²) in [5, 5.41) is 3.48. The van der Waals surface area contributed by atoms with Crippen molar-refractivity contribution >= 4 is 16.8 Å². The topological polar surface area (TPSA) is 48.1 Å². The fraction of sp³-hybridized carbons (Fsp3) is 0.526. The Kier molecular flexibility index (Phi) is 5.51. The number of halogens is 1. The van der Waals surface area contributed by atoms with Crippen LogP contribution in [0, 0.1) is 5.82 Å². The Morgan fingerprint density at radius 1 is 1.33 bits per heavy atom. The predicted molar refractivity (Wildman–Crippen MR) is 94.5 cm³/mol. The molecule has 1 aliphatic carbocycles. The van der Waals surface area contributed by atoms with Crippen molar-refractivity contribution in [3.8, 4) is 0 Å². The first-order valence-corrected chi connectivity index (χ1v) is 8.86. The van der Waals surface area contributed by atoms with Gasteiger partial charge < -0.3 is 15.2 Å². The van der Waals surface area contributed by atoms with Gasteiger partial charge in [-0.3, -0.25) is 4.79 Å². The Balaban J connectivity index is 1.48. The first kappa shape index (κ1) is 17.0. The second kappa shape index (κ2) is 7.79. The van der Waals surface area contributed by atoms with Gasteiger partial charge in [-0.25, -0.2) is 4.39 Å². The number of amides is 1. The molecule has 0 atom stereocenters. The summed E-state index contributed by atoms with van der Waals surface area (Å²) in [4.78, 5) is 17.5. The SMILES string of the molecule is CN(CCNC(=O)Cc1c[nH]c2cccc(F)c12)C1CCCCC1. The molecule has 1 heterocycles.